The number of rotatable bonds is 4. The van der Waals surface area contributed by atoms with Gasteiger partial charge in [-0.1, -0.05) is 12.1 Å². The van der Waals surface area contributed by atoms with Gasteiger partial charge in [-0.2, -0.15) is 0 Å². The maximum atomic E-state index is 13.5. The smallest absolute Gasteiger partial charge is 0.239 e. The molecule has 4 aromatic rings. The Labute approximate surface area is 182 Å². The Morgan fingerprint density at radius 3 is 2.44 bits per heavy atom. The molecule has 0 aliphatic carbocycles. The largest absolute Gasteiger partial charge is 0.325 e. The van der Waals surface area contributed by atoms with Gasteiger partial charge in [0.1, 0.15) is 23.9 Å². The maximum Gasteiger partial charge on any atom is 0.239 e. The Kier molecular flexibility index (Phi) is 4.89. The van der Waals surface area contributed by atoms with Crippen molar-refractivity contribution in [3.8, 4) is 5.69 Å². The van der Waals surface area contributed by atoms with Crippen LogP contribution in [0.15, 0.2) is 73.1 Å². The summed E-state index contributed by atoms with van der Waals surface area (Å²) in [6.07, 6.45) is 2.00. The fraction of sp³-hybridized carbons (Fsp3) is 0.125. The fourth-order valence-electron chi connectivity index (χ4n) is 3.97. The van der Waals surface area contributed by atoms with Crippen molar-refractivity contribution in [3.63, 3.8) is 0 Å². The number of para-hydroxylation sites is 2. The first-order valence-electron chi connectivity index (χ1n) is 10.1. The highest BCUT2D eigenvalue weighted by molar-refractivity contribution is 6.13. The average molecular weight is 432 g/mol. The van der Waals surface area contributed by atoms with Crippen LogP contribution >= 0.6 is 0 Å². The van der Waals surface area contributed by atoms with E-state index in [1.807, 2.05) is 41.0 Å². The first-order valence-corrected chi connectivity index (χ1v) is 10.1. The number of aromatic nitrogens is 2. The number of amides is 2. The van der Waals surface area contributed by atoms with Crippen molar-refractivity contribution in [2.45, 2.75) is 6.42 Å². The molecule has 5 rings (SSSR count). The Morgan fingerprint density at radius 2 is 1.69 bits per heavy atom. The predicted molar refractivity (Wildman–Crippen MR) is 117 cm³/mol. The highest BCUT2D eigenvalue weighted by Crippen LogP contribution is 2.28. The monoisotopic (exact) mass is 432 g/mol. The molecule has 32 heavy (non-hydrogen) atoms. The van der Waals surface area contributed by atoms with E-state index in [0.29, 0.717) is 5.69 Å². The quantitative estimate of drug-likeness (QED) is 0.489. The number of benzene rings is 3. The lowest BCUT2D eigenvalue weighted by Gasteiger charge is -2.17. The number of fused-ring (bicyclic) bond motifs is 1. The molecule has 1 aromatic heterocycles. The molecule has 6 nitrogen and oxygen atoms in total. The van der Waals surface area contributed by atoms with Gasteiger partial charge in [0.15, 0.2) is 0 Å². The lowest BCUT2D eigenvalue weighted by Crippen LogP contribution is -2.33. The van der Waals surface area contributed by atoms with Crippen LogP contribution in [0.5, 0.6) is 0 Å². The first-order chi connectivity index (χ1) is 15.5. The van der Waals surface area contributed by atoms with Gasteiger partial charge < -0.3 is 10.2 Å². The van der Waals surface area contributed by atoms with Crippen LogP contribution in [0, 0.1) is 17.6 Å². The van der Waals surface area contributed by atoms with Gasteiger partial charge in [0.05, 0.1) is 11.0 Å². The first kappa shape index (κ1) is 19.9. The number of halogens is 2. The molecule has 1 aliphatic rings. The van der Waals surface area contributed by atoms with Crippen molar-refractivity contribution in [1.82, 2.24) is 9.55 Å². The summed E-state index contributed by atoms with van der Waals surface area (Å²) in [5, 5.41) is 2.76. The van der Waals surface area contributed by atoms with E-state index in [9.17, 15) is 18.4 Å². The Bertz CT molecular complexity index is 1310. The molecule has 3 aromatic carbocycles. The summed E-state index contributed by atoms with van der Waals surface area (Å²) >= 11 is 0. The van der Waals surface area contributed by atoms with Gasteiger partial charge in [-0.05, 0) is 55.0 Å². The van der Waals surface area contributed by atoms with Crippen molar-refractivity contribution >= 4 is 34.2 Å². The molecule has 1 unspecified atom stereocenters. The van der Waals surface area contributed by atoms with Crippen LogP contribution in [-0.2, 0) is 9.59 Å². The van der Waals surface area contributed by atoms with Gasteiger partial charge in [0.25, 0.3) is 0 Å². The summed E-state index contributed by atoms with van der Waals surface area (Å²) in [4.78, 5) is 31.0. The summed E-state index contributed by atoms with van der Waals surface area (Å²) in [7, 11) is 0. The summed E-state index contributed by atoms with van der Waals surface area (Å²) in [6, 6.07) is 17.9. The van der Waals surface area contributed by atoms with Crippen LogP contribution in [0.1, 0.15) is 6.42 Å². The molecule has 0 bridgehead atoms. The molecule has 2 heterocycles. The number of carbonyl (C=O) groups is 2. The van der Waals surface area contributed by atoms with Gasteiger partial charge in [0, 0.05) is 29.7 Å². The molecular weight excluding hydrogens is 414 g/mol. The normalized spacial score (nSPS) is 16.0. The van der Waals surface area contributed by atoms with E-state index in [-0.39, 0.29) is 18.7 Å². The zero-order valence-electron chi connectivity index (χ0n) is 16.8. The summed E-state index contributed by atoms with van der Waals surface area (Å²) in [5.74, 6) is -3.39. The molecule has 160 valence electrons. The van der Waals surface area contributed by atoms with E-state index in [4.69, 9.17) is 0 Å². The van der Waals surface area contributed by atoms with Crippen LogP contribution in [0.4, 0.5) is 20.2 Å². The summed E-state index contributed by atoms with van der Waals surface area (Å²) in [5.41, 5.74) is 3.39. The van der Waals surface area contributed by atoms with Gasteiger partial charge in [0.2, 0.25) is 11.8 Å². The Hall–Kier alpha value is -4.07. The predicted octanol–water partition coefficient (Wildman–Crippen LogP) is 4.30. The van der Waals surface area contributed by atoms with Crippen molar-refractivity contribution < 1.29 is 18.4 Å². The van der Waals surface area contributed by atoms with Crippen molar-refractivity contribution in [2.75, 3.05) is 16.8 Å². The zero-order chi connectivity index (χ0) is 22.2. The van der Waals surface area contributed by atoms with Gasteiger partial charge in [-0.3, -0.25) is 14.2 Å². The minimum absolute atomic E-state index is 0.111. The van der Waals surface area contributed by atoms with E-state index < -0.39 is 29.4 Å². The van der Waals surface area contributed by atoms with E-state index in [0.717, 1.165) is 34.9 Å². The van der Waals surface area contributed by atoms with Crippen LogP contribution in [0.25, 0.3) is 16.7 Å². The summed E-state index contributed by atoms with van der Waals surface area (Å²) < 4.78 is 29.0. The molecular formula is C24H18F2N4O2. The topological polar surface area (TPSA) is 67.2 Å². The number of hydrogen-bond acceptors (Lipinski definition) is 3. The van der Waals surface area contributed by atoms with Gasteiger partial charge in [-0.25, -0.2) is 13.8 Å². The maximum absolute atomic E-state index is 13.5. The SMILES string of the molecule is O=C(Nc1ccc(-n2cnc3ccccc32)cc1)C1CCN(c2cc(F)cc(F)c2)C1=O. The summed E-state index contributed by atoms with van der Waals surface area (Å²) in [6.45, 7) is 0.215. The molecule has 0 saturated carbocycles. The molecule has 2 amide bonds. The highest BCUT2D eigenvalue weighted by atomic mass is 19.1. The highest BCUT2D eigenvalue weighted by Gasteiger charge is 2.38. The lowest BCUT2D eigenvalue weighted by molar-refractivity contribution is -0.129. The second-order valence-corrected chi connectivity index (χ2v) is 7.60. The number of anilines is 2. The average Bonchev–Trinajstić information content (AvgIpc) is 3.37. The molecule has 1 N–H and O–H groups in total. The molecule has 0 radical (unpaired) electrons. The van der Waals surface area contributed by atoms with Crippen molar-refractivity contribution in [1.29, 1.82) is 0 Å². The number of carbonyl (C=O) groups excluding carboxylic acids is 2. The third-order valence-electron chi connectivity index (χ3n) is 5.55. The fourth-order valence-corrected chi connectivity index (χ4v) is 3.97. The molecule has 0 spiro atoms. The second kappa shape index (κ2) is 7.88. The Balaban J connectivity index is 1.29. The number of imidazole rings is 1. The minimum atomic E-state index is -0.918. The van der Waals surface area contributed by atoms with E-state index >= 15 is 0 Å². The third kappa shape index (κ3) is 3.60. The van der Waals surface area contributed by atoms with E-state index in [2.05, 4.69) is 10.3 Å². The van der Waals surface area contributed by atoms with Gasteiger partial charge in [-0.15, -0.1) is 0 Å². The molecule has 1 saturated heterocycles. The van der Waals surface area contributed by atoms with Gasteiger partial charge >= 0.3 is 0 Å². The van der Waals surface area contributed by atoms with Crippen molar-refractivity contribution in [3.05, 3.63) is 84.7 Å². The van der Waals surface area contributed by atoms with Crippen LogP contribution in [0.2, 0.25) is 0 Å². The molecule has 1 aliphatic heterocycles. The van der Waals surface area contributed by atoms with Crippen LogP contribution in [-0.4, -0.2) is 27.9 Å². The zero-order valence-corrected chi connectivity index (χ0v) is 16.8. The number of nitrogens with one attached hydrogen (secondary N) is 1. The Morgan fingerprint density at radius 1 is 0.969 bits per heavy atom. The molecule has 1 fully saturated rings. The third-order valence-corrected chi connectivity index (χ3v) is 5.55. The van der Waals surface area contributed by atoms with Crippen molar-refractivity contribution in [2.24, 2.45) is 5.92 Å². The lowest BCUT2D eigenvalue weighted by atomic mass is 10.1. The number of hydrogen-bond donors (Lipinski definition) is 1. The minimum Gasteiger partial charge on any atom is -0.325 e. The van der Waals surface area contributed by atoms with Crippen LogP contribution < -0.4 is 10.2 Å². The molecule has 8 heteroatoms. The van der Waals surface area contributed by atoms with E-state index in [1.54, 1.807) is 18.5 Å². The number of nitrogens with zero attached hydrogens (tertiary/aromatic N) is 3. The van der Waals surface area contributed by atoms with Crippen LogP contribution in [0.3, 0.4) is 0 Å². The standard InChI is InChI=1S/C24H18F2N4O2/c25-15-11-16(26)13-19(12-15)29-10-9-20(24(29)32)23(31)28-17-5-7-18(8-6-17)30-14-27-21-3-1-2-4-22(21)30/h1-8,11-14,20H,9-10H2,(H,28,31). The second-order valence-electron chi connectivity index (χ2n) is 7.60. The molecule has 1 atom stereocenters. The van der Waals surface area contributed by atoms with E-state index in [1.165, 1.54) is 4.90 Å².